The first kappa shape index (κ1) is 21.5. The average molecular weight is 446 g/mol. The molecule has 0 aliphatic rings. The molecule has 0 N–H and O–H groups in total. The Morgan fingerprint density at radius 3 is 2.06 bits per heavy atom. The van der Waals surface area contributed by atoms with Crippen LogP contribution in [-0.2, 0) is 16.4 Å². The van der Waals surface area contributed by atoms with E-state index in [1.165, 1.54) is 16.8 Å². The third-order valence-corrected chi connectivity index (χ3v) is 6.35. The van der Waals surface area contributed by atoms with Crippen LogP contribution < -0.4 is 5.11 Å². The molecule has 0 radical (unpaired) electrons. The average Bonchev–Trinajstić information content (AvgIpc) is 3.14. The summed E-state index contributed by atoms with van der Waals surface area (Å²) in [5.41, 5.74) is 4.10. The van der Waals surface area contributed by atoms with Crippen LogP contribution in [0.25, 0.3) is 22.4 Å². The summed E-state index contributed by atoms with van der Waals surface area (Å²) in [5.74, 6) is -1.33. The van der Waals surface area contributed by atoms with Crippen molar-refractivity contribution in [1.29, 1.82) is 0 Å². The summed E-state index contributed by atoms with van der Waals surface area (Å²) in [5, 5.41) is 16.9. The van der Waals surface area contributed by atoms with Crippen molar-refractivity contribution in [2.24, 2.45) is 0 Å². The van der Waals surface area contributed by atoms with Crippen molar-refractivity contribution in [3.05, 3.63) is 95.7 Å². The molecule has 0 saturated heterocycles. The van der Waals surface area contributed by atoms with Crippen LogP contribution in [0.4, 0.5) is 0 Å². The normalized spacial score (nSPS) is 11.4. The standard InChI is InChI=1S/C25H22N2O4S/c1-17-8-10-19(11-9-17)22-23(20-12-14-21(15-13-20)32(2,30)31)26-27(24(22)25(28)29)16-18-6-4-3-5-7-18/h3-15H,16H2,1-2H3,(H,28,29)/p-1. The van der Waals surface area contributed by atoms with Gasteiger partial charge in [-0.15, -0.1) is 0 Å². The van der Waals surface area contributed by atoms with Gasteiger partial charge < -0.3 is 9.90 Å². The maximum absolute atomic E-state index is 12.3. The molecule has 4 aromatic rings. The highest BCUT2D eigenvalue weighted by atomic mass is 32.2. The summed E-state index contributed by atoms with van der Waals surface area (Å²) >= 11 is 0. The van der Waals surface area contributed by atoms with Gasteiger partial charge in [0.05, 0.1) is 23.1 Å². The molecule has 0 bridgehead atoms. The number of hydrogen-bond donors (Lipinski definition) is 0. The van der Waals surface area contributed by atoms with Gasteiger partial charge in [0.15, 0.2) is 9.84 Å². The maximum atomic E-state index is 12.3. The van der Waals surface area contributed by atoms with Gasteiger partial charge >= 0.3 is 0 Å². The molecule has 1 heterocycles. The van der Waals surface area contributed by atoms with Gasteiger partial charge in [0.1, 0.15) is 5.69 Å². The zero-order valence-electron chi connectivity index (χ0n) is 17.6. The molecular formula is C25H21N2O4S-. The van der Waals surface area contributed by atoms with Gasteiger partial charge in [0, 0.05) is 17.4 Å². The lowest BCUT2D eigenvalue weighted by molar-refractivity contribution is -0.255. The molecule has 0 fully saturated rings. The van der Waals surface area contributed by atoms with Crippen LogP contribution >= 0.6 is 0 Å². The van der Waals surface area contributed by atoms with Crippen LogP contribution in [0.15, 0.2) is 83.8 Å². The molecule has 162 valence electrons. The van der Waals surface area contributed by atoms with Crippen molar-refractivity contribution in [1.82, 2.24) is 9.78 Å². The number of nitrogens with zero attached hydrogens (tertiary/aromatic N) is 2. The van der Waals surface area contributed by atoms with E-state index in [1.54, 1.807) is 12.1 Å². The largest absolute Gasteiger partial charge is 0.543 e. The molecule has 0 aliphatic heterocycles. The molecule has 32 heavy (non-hydrogen) atoms. The van der Waals surface area contributed by atoms with Crippen molar-refractivity contribution in [3.63, 3.8) is 0 Å². The Labute approximate surface area is 186 Å². The van der Waals surface area contributed by atoms with Gasteiger partial charge in [-0.3, -0.25) is 4.68 Å². The highest BCUT2D eigenvalue weighted by Crippen LogP contribution is 2.35. The zero-order valence-corrected chi connectivity index (χ0v) is 18.5. The summed E-state index contributed by atoms with van der Waals surface area (Å²) in [6.45, 7) is 2.21. The minimum atomic E-state index is -3.36. The first-order valence-corrected chi connectivity index (χ1v) is 11.9. The lowest BCUT2D eigenvalue weighted by Crippen LogP contribution is -2.27. The second-order valence-electron chi connectivity index (χ2n) is 7.67. The predicted molar refractivity (Wildman–Crippen MR) is 121 cm³/mol. The van der Waals surface area contributed by atoms with E-state index in [4.69, 9.17) is 0 Å². The minimum Gasteiger partial charge on any atom is -0.543 e. The van der Waals surface area contributed by atoms with Gasteiger partial charge in [0.2, 0.25) is 0 Å². The lowest BCUT2D eigenvalue weighted by Gasteiger charge is -2.11. The second-order valence-corrected chi connectivity index (χ2v) is 9.68. The number of hydrogen-bond acceptors (Lipinski definition) is 5. The molecule has 0 spiro atoms. The first-order chi connectivity index (χ1) is 15.2. The molecule has 4 rings (SSSR count). The number of carbonyl (C=O) groups excluding carboxylic acids is 1. The maximum Gasteiger partial charge on any atom is 0.175 e. The molecular weight excluding hydrogens is 424 g/mol. The zero-order chi connectivity index (χ0) is 22.9. The van der Waals surface area contributed by atoms with Crippen LogP contribution in [-0.4, -0.2) is 30.4 Å². The lowest BCUT2D eigenvalue weighted by atomic mass is 9.98. The van der Waals surface area contributed by atoms with Gasteiger partial charge in [-0.2, -0.15) is 5.10 Å². The summed E-state index contributed by atoms with van der Waals surface area (Å²) in [6.07, 6.45) is 1.14. The Morgan fingerprint density at radius 1 is 0.906 bits per heavy atom. The van der Waals surface area contributed by atoms with Gasteiger partial charge in [0.25, 0.3) is 0 Å². The summed E-state index contributed by atoms with van der Waals surface area (Å²) in [7, 11) is -3.36. The Hall–Kier alpha value is -3.71. The smallest absolute Gasteiger partial charge is 0.175 e. The van der Waals surface area contributed by atoms with E-state index >= 15 is 0 Å². The van der Waals surface area contributed by atoms with E-state index in [1.807, 2.05) is 61.5 Å². The van der Waals surface area contributed by atoms with Crippen LogP contribution in [0.5, 0.6) is 0 Å². The minimum absolute atomic E-state index is 0.0279. The molecule has 6 nitrogen and oxygen atoms in total. The number of aromatic nitrogens is 2. The number of rotatable bonds is 6. The Balaban J connectivity index is 1.94. The summed E-state index contributed by atoms with van der Waals surface area (Å²) in [6, 6.07) is 23.2. The first-order valence-electron chi connectivity index (χ1n) is 9.97. The van der Waals surface area contributed by atoms with Crippen molar-refractivity contribution in [2.75, 3.05) is 6.26 Å². The number of carbonyl (C=O) groups is 1. The van der Waals surface area contributed by atoms with Crippen LogP contribution in [0.3, 0.4) is 0 Å². The molecule has 0 atom stereocenters. The molecule has 0 saturated carbocycles. The molecule has 1 aromatic heterocycles. The Kier molecular flexibility index (Phi) is 5.67. The number of carboxylic acid groups (broad SMARTS) is 1. The van der Waals surface area contributed by atoms with Gasteiger partial charge in [-0.25, -0.2) is 8.42 Å². The van der Waals surface area contributed by atoms with E-state index in [-0.39, 0.29) is 17.1 Å². The van der Waals surface area contributed by atoms with Crippen LogP contribution in [0.2, 0.25) is 0 Å². The second kappa shape index (κ2) is 8.43. The Morgan fingerprint density at radius 2 is 1.50 bits per heavy atom. The monoisotopic (exact) mass is 445 g/mol. The van der Waals surface area contributed by atoms with Crippen LogP contribution in [0.1, 0.15) is 21.6 Å². The van der Waals surface area contributed by atoms with E-state index in [2.05, 4.69) is 5.10 Å². The molecule has 0 amide bonds. The number of aromatic carboxylic acids is 1. The van der Waals surface area contributed by atoms with Crippen molar-refractivity contribution in [3.8, 4) is 22.4 Å². The topological polar surface area (TPSA) is 92.1 Å². The summed E-state index contributed by atoms with van der Waals surface area (Å²) in [4.78, 5) is 12.4. The molecule has 0 unspecified atom stereocenters. The molecule has 7 heteroatoms. The fraction of sp³-hybridized carbons (Fsp3) is 0.120. The van der Waals surface area contributed by atoms with E-state index < -0.39 is 15.8 Å². The van der Waals surface area contributed by atoms with Crippen molar-refractivity contribution >= 4 is 15.8 Å². The molecule has 3 aromatic carbocycles. The summed E-state index contributed by atoms with van der Waals surface area (Å²) < 4.78 is 25.1. The molecule has 0 aliphatic carbocycles. The number of sulfone groups is 1. The van der Waals surface area contributed by atoms with Crippen molar-refractivity contribution < 1.29 is 18.3 Å². The highest BCUT2D eigenvalue weighted by molar-refractivity contribution is 7.90. The van der Waals surface area contributed by atoms with Crippen LogP contribution in [0, 0.1) is 6.92 Å². The number of benzene rings is 3. The SMILES string of the molecule is Cc1ccc(-c2c(-c3ccc(S(C)(=O)=O)cc3)nn(Cc3ccccc3)c2C(=O)[O-])cc1. The van der Waals surface area contributed by atoms with E-state index in [0.29, 0.717) is 22.4 Å². The van der Waals surface area contributed by atoms with E-state index in [0.717, 1.165) is 17.4 Å². The fourth-order valence-electron chi connectivity index (χ4n) is 3.60. The van der Waals surface area contributed by atoms with Gasteiger partial charge in [-0.1, -0.05) is 72.3 Å². The Bertz CT molecular complexity index is 1370. The third-order valence-electron chi connectivity index (χ3n) is 5.22. The quantitative estimate of drug-likeness (QED) is 0.454. The highest BCUT2D eigenvalue weighted by Gasteiger charge is 2.22. The number of carboxylic acids is 1. The predicted octanol–water partition coefficient (Wildman–Crippen LogP) is 3.34. The van der Waals surface area contributed by atoms with Gasteiger partial charge in [-0.05, 0) is 30.2 Å². The third kappa shape index (κ3) is 4.33. The number of aryl methyl sites for hydroxylation is 1. The van der Waals surface area contributed by atoms with Crippen molar-refractivity contribution in [2.45, 2.75) is 18.4 Å². The van der Waals surface area contributed by atoms with E-state index in [9.17, 15) is 18.3 Å². The fourth-order valence-corrected chi connectivity index (χ4v) is 4.23.